The number of hydrogen-bond donors (Lipinski definition) is 3. The summed E-state index contributed by atoms with van der Waals surface area (Å²) >= 11 is 0. The Morgan fingerprint density at radius 2 is 0.712 bits per heavy atom. The maximum Gasteiger partial charge on any atom is 0.155 e. The first-order valence-corrected chi connectivity index (χ1v) is 33.6. The second-order valence-electron chi connectivity index (χ2n) is 28.5. The molecule has 0 bridgehead atoms. The van der Waals surface area contributed by atoms with Crippen molar-refractivity contribution in [3.8, 4) is 67.7 Å². The molecule has 6 aromatic carbocycles. The van der Waals surface area contributed by atoms with E-state index in [1.807, 2.05) is 116 Å². The molecule has 0 aliphatic rings. The molecule has 0 saturated carbocycles. The number of aliphatic hydroxyl groups excluding tert-OH is 3. The molecule has 6 heterocycles. The van der Waals surface area contributed by atoms with E-state index in [0.717, 1.165) is 95.1 Å². The minimum absolute atomic E-state index is 0. The molecule has 0 atom stereocenters. The van der Waals surface area contributed by atoms with Gasteiger partial charge in [-0.05, 0) is 177 Å². The average molecular weight is 1930 g/mol. The van der Waals surface area contributed by atoms with Crippen LogP contribution in [0.15, 0.2) is 231 Å². The van der Waals surface area contributed by atoms with Gasteiger partial charge in [0.05, 0.1) is 17.3 Å². The van der Waals surface area contributed by atoms with E-state index in [1.165, 1.54) is 98.7 Å². The number of hydrogen-bond acceptors (Lipinski definition) is 12. The molecule has 12 rings (SSSR count). The molecule has 6 aromatic heterocycles. The molecule has 12 aromatic rings. The summed E-state index contributed by atoms with van der Waals surface area (Å²) in [7, 11) is 0. The number of pyridine rings is 3. The third kappa shape index (κ3) is 26.0. The van der Waals surface area contributed by atoms with Crippen LogP contribution in [0.1, 0.15) is 157 Å². The fraction of sp³-hybridized carbons (Fsp3) is 0.258. The maximum atomic E-state index is 10.0. The maximum absolute atomic E-state index is 10.0. The van der Waals surface area contributed by atoms with Crippen LogP contribution in [-0.4, -0.2) is 47.6 Å². The van der Waals surface area contributed by atoms with E-state index in [4.69, 9.17) is 28.6 Å². The van der Waals surface area contributed by atoms with Crippen LogP contribution in [0.25, 0.3) is 101 Å². The third-order valence-electron chi connectivity index (χ3n) is 15.9. The second-order valence-corrected chi connectivity index (χ2v) is 28.5. The Labute approximate surface area is 654 Å². The summed E-state index contributed by atoms with van der Waals surface area (Å²) in [5.41, 5.74) is 19.5. The van der Waals surface area contributed by atoms with Gasteiger partial charge in [-0.1, -0.05) is 119 Å². The standard InChI is InChI=1S/C27H28NO.C25H24NO.C22H18NO.3C5H8O2.3Ir/c1-26(2,3)21-12-19(13-22(15-21)27(4,5)6)24-14-20-17-28-23(16-25(20)29-24)18-10-8-7-9-11-18;1-16-11-20(25(3,4)5)12-17(2)24(16)23-13-19-15-26-21(14-22(19)27-23)18-9-7-6-8-10-18;1-15(2)16-8-10-18(11-9-16)21-12-19-14-23-20(13-22(19)24-21)17-6-4-3-5-7-17;3*1-4(6)3-5(2)7;;;/h7-10,12-17H,1-6H3;6-9,11-15H,1-5H3;3-6,8-15H,1-2H3;3*3,6H,1-2H3;;;/q3*-1;;;;;;. The SMILES string of the molecule is CC(=O)C=C(C)O.CC(=O)C=C(C)O.CC(=O)C=C(C)O.CC(C)(C)c1cc(-c2cc3cnc(-c4[c-]cccc4)cc3o2)cc(C(C)(C)C)c1.CC(C)c1ccc(-c2cc3cnc(-c4[c-]cccc4)cc3o2)cc1.Cc1cc(C(C)(C)C)cc(C)c1-c1cc2cnc(-c3[c-]cccc3)cc2o1.[Ir].[Ir].[Ir]. The van der Waals surface area contributed by atoms with Crippen LogP contribution >= 0.6 is 0 Å². The van der Waals surface area contributed by atoms with Crippen molar-refractivity contribution >= 4 is 50.3 Å². The number of aliphatic hydroxyl groups is 3. The third-order valence-corrected chi connectivity index (χ3v) is 15.9. The number of carbonyl (C=O) groups is 3. The zero-order valence-electron chi connectivity index (χ0n) is 62.8. The smallest absolute Gasteiger partial charge is 0.155 e. The fourth-order valence-corrected chi connectivity index (χ4v) is 10.6. The number of fused-ring (bicyclic) bond motifs is 3. The zero-order valence-corrected chi connectivity index (χ0v) is 69.9. The zero-order chi connectivity index (χ0) is 74.1. The van der Waals surface area contributed by atoms with Crippen LogP contribution in [0.2, 0.25) is 0 Å². The van der Waals surface area contributed by atoms with E-state index >= 15 is 0 Å². The molecule has 0 spiro atoms. The van der Waals surface area contributed by atoms with E-state index < -0.39 is 0 Å². The molecule has 3 radical (unpaired) electrons. The van der Waals surface area contributed by atoms with Crippen LogP contribution in [-0.2, 0) is 90.9 Å². The minimum Gasteiger partial charge on any atom is -0.512 e. The largest absolute Gasteiger partial charge is 0.512 e. The summed E-state index contributed by atoms with van der Waals surface area (Å²) in [5, 5.41) is 28.1. The molecule has 0 unspecified atom stereocenters. The van der Waals surface area contributed by atoms with Gasteiger partial charge < -0.3 is 43.5 Å². The Hall–Kier alpha value is -9.03. The summed E-state index contributed by atoms with van der Waals surface area (Å²) < 4.78 is 18.6. The molecule has 15 heteroatoms. The van der Waals surface area contributed by atoms with Crippen LogP contribution in [0.5, 0.6) is 0 Å². The normalized spacial score (nSPS) is 11.5. The summed E-state index contributed by atoms with van der Waals surface area (Å²) in [4.78, 5) is 43.8. The first-order chi connectivity index (χ1) is 47.5. The van der Waals surface area contributed by atoms with E-state index in [-0.39, 0.29) is 111 Å². The monoisotopic (exact) mass is 1930 g/mol. The Bertz CT molecular complexity index is 4770. The quantitative estimate of drug-likeness (QED) is 0.0668. The molecule has 0 fully saturated rings. The number of rotatable bonds is 10. The van der Waals surface area contributed by atoms with Crippen molar-refractivity contribution < 1.29 is 103 Å². The fourth-order valence-electron chi connectivity index (χ4n) is 10.6. The second kappa shape index (κ2) is 39.2. The molecule has 0 aliphatic heterocycles. The van der Waals surface area contributed by atoms with Gasteiger partial charge in [0.25, 0.3) is 0 Å². The van der Waals surface area contributed by atoms with Crippen molar-refractivity contribution in [2.24, 2.45) is 0 Å². The van der Waals surface area contributed by atoms with Crippen molar-refractivity contribution in [1.82, 2.24) is 15.0 Å². The number of allylic oxidation sites excluding steroid dienone is 6. The predicted molar refractivity (Wildman–Crippen MR) is 412 cm³/mol. The van der Waals surface area contributed by atoms with E-state index in [2.05, 4.69) is 190 Å². The topological polar surface area (TPSA) is 190 Å². The molecule has 3 N–H and O–H groups in total. The van der Waals surface area contributed by atoms with Crippen LogP contribution < -0.4 is 0 Å². The van der Waals surface area contributed by atoms with Crippen molar-refractivity contribution in [3.05, 3.63) is 269 Å². The minimum atomic E-state index is -0.125. The first kappa shape index (κ1) is 87.4. The molecular weight excluding hydrogens is 1830 g/mol. The van der Waals surface area contributed by atoms with Crippen LogP contribution in [0, 0.1) is 32.0 Å². The molecular formula is C89H94Ir3N3O9-3. The molecule has 0 saturated heterocycles. The molecule has 0 aliphatic carbocycles. The Kier molecular flexibility index (Phi) is 32.9. The van der Waals surface area contributed by atoms with Gasteiger partial charge in [0.1, 0.15) is 34.0 Å². The summed E-state index contributed by atoms with van der Waals surface area (Å²) in [6.45, 7) is 37.5. The van der Waals surface area contributed by atoms with Crippen molar-refractivity contribution in [3.63, 3.8) is 0 Å². The van der Waals surface area contributed by atoms with Crippen molar-refractivity contribution in [2.45, 2.75) is 154 Å². The van der Waals surface area contributed by atoms with Gasteiger partial charge in [-0.3, -0.25) is 14.4 Å². The van der Waals surface area contributed by atoms with E-state index in [1.54, 1.807) is 0 Å². The van der Waals surface area contributed by atoms with Crippen LogP contribution in [0.3, 0.4) is 0 Å². The Morgan fingerprint density at radius 3 is 0.990 bits per heavy atom. The van der Waals surface area contributed by atoms with Gasteiger partial charge in [-0.25, -0.2) is 0 Å². The summed E-state index contributed by atoms with van der Waals surface area (Å²) in [6.07, 6.45) is 9.13. The van der Waals surface area contributed by atoms with Crippen molar-refractivity contribution in [1.29, 1.82) is 0 Å². The van der Waals surface area contributed by atoms with Gasteiger partial charge in [-0.2, -0.15) is 0 Å². The van der Waals surface area contributed by atoms with Gasteiger partial charge in [0.2, 0.25) is 0 Å². The molecule has 12 nitrogen and oxygen atoms in total. The first-order valence-electron chi connectivity index (χ1n) is 33.6. The van der Waals surface area contributed by atoms with E-state index in [0.29, 0.717) is 5.92 Å². The van der Waals surface area contributed by atoms with Gasteiger partial charge in [0.15, 0.2) is 17.3 Å². The molecule has 104 heavy (non-hydrogen) atoms. The summed E-state index contributed by atoms with van der Waals surface area (Å²) in [6, 6.07) is 65.4. The molecule has 549 valence electrons. The predicted octanol–water partition coefficient (Wildman–Crippen LogP) is 23.6. The number of nitrogens with zero attached hydrogens (tertiary/aromatic N) is 3. The Balaban J connectivity index is 0.000000287. The number of benzene rings is 6. The number of furan rings is 3. The molecule has 0 amide bonds. The van der Waals surface area contributed by atoms with E-state index in [9.17, 15) is 14.4 Å². The average Bonchev–Trinajstić information content (AvgIpc) is 1.59. The Morgan fingerprint density at radius 1 is 0.404 bits per heavy atom. The number of aryl methyl sites for hydroxylation is 2. The van der Waals surface area contributed by atoms with Gasteiger partial charge >= 0.3 is 0 Å². The van der Waals surface area contributed by atoms with Crippen LogP contribution in [0.4, 0.5) is 0 Å². The van der Waals surface area contributed by atoms with Gasteiger partial charge in [-0.15, -0.1) is 108 Å². The number of carbonyl (C=O) groups excluding carboxylic acids is 3. The van der Waals surface area contributed by atoms with Gasteiger partial charge in [0, 0.05) is 130 Å². The number of ketones is 3. The summed E-state index contributed by atoms with van der Waals surface area (Å²) in [5.74, 6) is 3.00. The number of aromatic nitrogens is 3. The van der Waals surface area contributed by atoms with Crippen molar-refractivity contribution in [2.75, 3.05) is 0 Å².